The summed E-state index contributed by atoms with van der Waals surface area (Å²) in [5, 5.41) is 10.6. The minimum absolute atomic E-state index is 0.248. The molecule has 2 heterocycles. The average molecular weight is 292 g/mol. The summed E-state index contributed by atoms with van der Waals surface area (Å²) in [7, 11) is 0. The summed E-state index contributed by atoms with van der Waals surface area (Å²) < 4.78 is 6.75. The van der Waals surface area contributed by atoms with Crippen LogP contribution in [0.25, 0.3) is 5.65 Å². The van der Waals surface area contributed by atoms with E-state index in [9.17, 15) is 4.79 Å². The maximum atomic E-state index is 11.4. The Hall–Kier alpha value is -2.38. The Morgan fingerprint density at radius 1 is 1.35 bits per heavy atom. The van der Waals surface area contributed by atoms with E-state index in [0.29, 0.717) is 23.0 Å². The lowest BCUT2D eigenvalue weighted by molar-refractivity contribution is 0.446. The highest BCUT2D eigenvalue weighted by Crippen LogP contribution is 2.27. The molecular formula is C12H10ClN5O2. The van der Waals surface area contributed by atoms with Crippen LogP contribution in [0.2, 0.25) is 5.02 Å². The summed E-state index contributed by atoms with van der Waals surface area (Å²) >= 11 is 5.93. The van der Waals surface area contributed by atoms with Crippen LogP contribution < -0.4 is 16.2 Å². The Morgan fingerprint density at radius 3 is 3.00 bits per heavy atom. The molecule has 0 saturated carbocycles. The van der Waals surface area contributed by atoms with Gasteiger partial charge in [-0.3, -0.25) is 0 Å². The van der Waals surface area contributed by atoms with E-state index in [1.54, 1.807) is 30.3 Å². The van der Waals surface area contributed by atoms with Crippen molar-refractivity contribution in [3.8, 4) is 11.6 Å². The van der Waals surface area contributed by atoms with E-state index in [-0.39, 0.29) is 5.88 Å². The maximum absolute atomic E-state index is 11.4. The van der Waals surface area contributed by atoms with E-state index < -0.39 is 5.69 Å². The molecule has 0 spiro atoms. The third-order valence-corrected chi connectivity index (χ3v) is 2.95. The smallest absolute Gasteiger partial charge is 0.364 e. The number of hydrogen-bond acceptors (Lipinski definition) is 5. The number of halogens is 1. The number of nitrogens with two attached hydrogens (primary N) is 1. The minimum atomic E-state index is -0.435. The van der Waals surface area contributed by atoms with Crippen molar-refractivity contribution in [2.75, 3.05) is 0 Å². The predicted octanol–water partition coefficient (Wildman–Crippen LogP) is 1.32. The van der Waals surface area contributed by atoms with Gasteiger partial charge in [-0.15, -0.1) is 5.10 Å². The number of hydrogen-bond donors (Lipinski definition) is 2. The van der Waals surface area contributed by atoms with Gasteiger partial charge in [-0.25, -0.2) is 9.89 Å². The molecule has 0 radical (unpaired) electrons. The molecule has 0 atom stereocenters. The third-order valence-electron chi connectivity index (χ3n) is 2.71. The molecule has 0 aliphatic heterocycles. The van der Waals surface area contributed by atoms with Gasteiger partial charge >= 0.3 is 5.69 Å². The normalized spacial score (nSPS) is 10.9. The number of aromatic nitrogens is 4. The van der Waals surface area contributed by atoms with Gasteiger partial charge in [-0.2, -0.15) is 9.61 Å². The largest absolute Gasteiger partial charge is 0.437 e. The average Bonchev–Trinajstić information content (AvgIpc) is 2.81. The first-order valence-electron chi connectivity index (χ1n) is 5.78. The molecule has 0 aliphatic carbocycles. The molecule has 0 aliphatic rings. The van der Waals surface area contributed by atoms with Crippen LogP contribution in [0.1, 0.15) is 5.56 Å². The second kappa shape index (κ2) is 4.95. The van der Waals surface area contributed by atoms with Crippen molar-refractivity contribution in [3.05, 3.63) is 51.4 Å². The Kier molecular flexibility index (Phi) is 3.13. The molecule has 3 aromatic rings. The highest BCUT2D eigenvalue weighted by atomic mass is 35.5. The van der Waals surface area contributed by atoms with Gasteiger partial charge in [0.1, 0.15) is 5.75 Å². The van der Waals surface area contributed by atoms with E-state index in [2.05, 4.69) is 15.3 Å². The lowest BCUT2D eigenvalue weighted by Crippen LogP contribution is -2.12. The monoisotopic (exact) mass is 291 g/mol. The second-order valence-electron chi connectivity index (χ2n) is 4.03. The first-order valence-corrected chi connectivity index (χ1v) is 6.16. The lowest BCUT2D eigenvalue weighted by atomic mass is 10.2. The number of benzene rings is 1. The maximum Gasteiger partial charge on any atom is 0.364 e. The summed E-state index contributed by atoms with van der Waals surface area (Å²) in [5.41, 5.74) is 6.40. The molecule has 8 heteroatoms. The van der Waals surface area contributed by atoms with Crippen molar-refractivity contribution in [3.63, 3.8) is 0 Å². The van der Waals surface area contributed by atoms with Crippen LogP contribution in [-0.4, -0.2) is 19.8 Å². The van der Waals surface area contributed by atoms with Gasteiger partial charge in [0.25, 0.3) is 0 Å². The Labute approximate surface area is 117 Å². The van der Waals surface area contributed by atoms with Crippen LogP contribution >= 0.6 is 11.6 Å². The van der Waals surface area contributed by atoms with Crippen molar-refractivity contribution in [1.82, 2.24) is 19.8 Å². The molecule has 3 rings (SSSR count). The van der Waals surface area contributed by atoms with Crippen LogP contribution in [0, 0.1) is 0 Å². The predicted molar refractivity (Wildman–Crippen MR) is 73.0 cm³/mol. The van der Waals surface area contributed by atoms with E-state index in [1.165, 1.54) is 0 Å². The Balaban J connectivity index is 2.02. The zero-order valence-electron chi connectivity index (χ0n) is 10.2. The summed E-state index contributed by atoms with van der Waals surface area (Å²) in [6, 6.07) is 8.38. The molecule has 20 heavy (non-hydrogen) atoms. The fraction of sp³-hybridized carbons (Fsp3) is 0.0833. The molecule has 0 bridgehead atoms. The van der Waals surface area contributed by atoms with Gasteiger partial charge in [0.15, 0.2) is 5.65 Å². The summed E-state index contributed by atoms with van der Waals surface area (Å²) in [6.07, 6.45) is 0. The summed E-state index contributed by atoms with van der Waals surface area (Å²) in [6.45, 7) is 0.306. The van der Waals surface area contributed by atoms with Crippen molar-refractivity contribution < 1.29 is 4.74 Å². The number of fused-ring (bicyclic) bond motifs is 1. The fourth-order valence-electron chi connectivity index (χ4n) is 1.75. The lowest BCUT2D eigenvalue weighted by Gasteiger charge is -2.09. The third kappa shape index (κ3) is 2.24. The van der Waals surface area contributed by atoms with Gasteiger partial charge in [-0.1, -0.05) is 17.7 Å². The SMILES string of the molecule is NCc1ccc(Cl)cc1Oc1ccc2n[nH]c(=O)n2n1. The van der Waals surface area contributed by atoms with Crippen molar-refractivity contribution >= 4 is 17.2 Å². The highest BCUT2D eigenvalue weighted by molar-refractivity contribution is 6.30. The van der Waals surface area contributed by atoms with E-state index >= 15 is 0 Å². The van der Waals surface area contributed by atoms with Crippen molar-refractivity contribution in [2.45, 2.75) is 6.54 Å². The summed E-state index contributed by atoms with van der Waals surface area (Å²) in [5.74, 6) is 0.751. The van der Waals surface area contributed by atoms with E-state index in [1.807, 2.05) is 0 Å². The van der Waals surface area contributed by atoms with Crippen LogP contribution in [0.4, 0.5) is 0 Å². The van der Waals surface area contributed by atoms with Gasteiger partial charge < -0.3 is 10.5 Å². The molecule has 3 N–H and O–H groups in total. The zero-order valence-corrected chi connectivity index (χ0v) is 11.0. The Morgan fingerprint density at radius 2 is 2.20 bits per heavy atom. The minimum Gasteiger partial charge on any atom is -0.437 e. The quantitative estimate of drug-likeness (QED) is 0.758. The van der Waals surface area contributed by atoms with E-state index in [0.717, 1.165) is 10.1 Å². The first kappa shape index (κ1) is 12.6. The van der Waals surface area contributed by atoms with Gasteiger partial charge in [0.2, 0.25) is 5.88 Å². The Bertz CT molecular complexity index is 826. The first-order chi connectivity index (χ1) is 9.67. The van der Waals surface area contributed by atoms with Crippen molar-refractivity contribution in [2.24, 2.45) is 5.73 Å². The number of nitrogens with zero attached hydrogens (tertiary/aromatic N) is 3. The highest BCUT2D eigenvalue weighted by Gasteiger charge is 2.08. The standard InChI is InChI=1S/C12H10ClN5O2/c13-8-2-1-7(6-14)9(5-8)20-11-4-3-10-15-16-12(19)18(10)17-11/h1-5H,6,14H2,(H,16,19). The second-order valence-corrected chi connectivity index (χ2v) is 4.46. The van der Waals surface area contributed by atoms with Crippen LogP contribution in [0.15, 0.2) is 35.1 Å². The van der Waals surface area contributed by atoms with Gasteiger partial charge in [0, 0.05) is 23.2 Å². The van der Waals surface area contributed by atoms with Crippen LogP contribution in [-0.2, 0) is 6.54 Å². The molecule has 2 aromatic heterocycles. The molecule has 0 fully saturated rings. The van der Waals surface area contributed by atoms with Gasteiger partial charge in [0.05, 0.1) is 0 Å². The molecule has 7 nitrogen and oxygen atoms in total. The van der Waals surface area contributed by atoms with E-state index in [4.69, 9.17) is 22.1 Å². The van der Waals surface area contributed by atoms with Crippen LogP contribution in [0.3, 0.4) is 0 Å². The zero-order chi connectivity index (χ0) is 14.1. The summed E-state index contributed by atoms with van der Waals surface area (Å²) in [4.78, 5) is 11.4. The van der Waals surface area contributed by atoms with Crippen LogP contribution in [0.5, 0.6) is 11.6 Å². The molecule has 0 unspecified atom stereocenters. The number of H-pyrrole nitrogens is 1. The number of nitrogens with one attached hydrogen (secondary N) is 1. The number of rotatable bonds is 3. The molecule has 0 saturated heterocycles. The number of aromatic amines is 1. The number of ether oxygens (including phenoxy) is 1. The molecule has 1 aromatic carbocycles. The van der Waals surface area contributed by atoms with Crippen molar-refractivity contribution in [1.29, 1.82) is 0 Å². The molecular weight excluding hydrogens is 282 g/mol. The molecule has 0 amide bonds. The fourth-order valence-corrected chi connectivity index (χ4v) is 1.91. The molecule has 102 valence electrons. The van der Waals surface area contributed by atoms with Gasteiger partial charge in [-0.05, 0) is 18.2 Å². The topological polar surface area (TPSA) is 98.3 Å².